The van der Waals surface area contributed by atoms with Crippen molar-refractivity contribution in [2.75, 3.05) is 0 Å². The molecule has 0 aliphatic rings. The molecule has 0 N–H and O–H groups in total. The van der Waals surface area contributed by atoms with Crippen molar-refractivity contribution in [2.24, 2.45) is 0 Å². The number of hydrogen-bond donors (Lipinski definition) is 0. The van der Waals surface area contributed by atoms with Crippen LogP contribution in [0, 0.1) is 0 Å². The average molecular weight is 754 g/mol. The second-order valence-electron chi connectivity index (χ2n) is 14.7. The summed E-state index contributed by atoms with van der Waals surface area (Å²) < 4.78 is 6.36. The third kappa shape index (κ3) is 6.15. The first-order valence-corrected chi connectivity index (χ1v) is 19.9. The molecule has 4 nitrogen and oxygen atoms in total. The predicted molar refractivity (Wildman–Crippen MR) is 243 cm³/mol. The Bertz CT molecular complexity index is 3330. The highest BCUT2D eigenvalue weighted by molar-refractivity contribution is 6.19. The molecule has 0 atom stereocenters. The highest BCUT2D eigenvalue weighted by Crippen LogP contribution is 2.44. The second kappa shape index (κ2) is 14.5. The molecule has 0 bridgehead atoms. The number of hydrogen-bond acceptors (Lipinski definition) is 4. The van der Waals surface area contributed by atoms with Crippen LogP contribution in [-0.4, -0.2) is 15.0 Å². The van der Waals surface area contributed by atoms with E-state index in [0.717, 1.165) is 66.3 Å². The molecule has 0 radical (unpaired) electrons. The van der Waals surface area contributed by atoms with Crippen molar-refractivity contribution in [1.82, 2.24) is 15.0 Å². The fraction of sp³-hybridized carbons (Fsp3) is 0. The molecule has 0 saturated carbocycles. The lowest BCUT2D eigenvalue weighted by molar-refractivity contribution is 0.669. The minimum absolute atomic E-state index is 0.594. The Morgan fingerprint density at radius 3 is 1.34 bits per heavy atom. The predicted octanol–water partition coefficient (Wildman–Crippen LogP) is 14.6. The molecule has 0 fully saturated rings. The quantitative estimate of drug-likeness (QED) is 0.163. The summed E-state index contributed by atoms with van der Waals surface area (Å²) >= 11 is 0. The van der Waals surface area contributed by atoms with E-state index in [1.54, 1.807) is 0 Å². The number of benzene rings is 9. The lowest BCUT2D eigenvalue weighted by atomic mass is 9.86. The summed E-state index contributed by atoms with van der Waals surface area (Å²) in [6.07, 6.45) is 0. The first-order chi connectivity index (χ1) is 29.3. The Labute approximate surface area is 341 Å². The Morgan fingerprint density at radius 1 is 0.271 bits per heavy atom. The van der Waals surface area contributed by atoms with Crippen LogP contribution in [0.5, 0.6) is 0 Å². The van der Waals surface area contributed by atoms with Gasteiger partial charge in [0.25, 0.3) is 0 Å². The highest BCUT2D eigenvalue weighted by atomic mass is 16.3. The molecule has 0 spiro atoms. The Kier molecular flexibility index (Phi) is 8.45. The Hall–Kier alpha value is -7.95. The summed E-state index contributed by atoms with van der Waals surface area (Å²) in [5.74, 6) is 1.81. The molecule has 0 unspecified atom stereocenters. The molecule has 4 heteroatoms. The molecule has 2 heterocycles. The van der Waals surface area contributed by atoms with E-state index in [2.05, 4.69) is 170 Å². The van der Waals surface area contributed by atoms with Gasteiger partial charge in [0.05, 0.1) is 0 Å². The zero-order valence-corrected chi connectivity index (χ0v) is 32.0. The number of aromatic nitrogens is 3. The van der Waals surface area contributed by atoms with E-state index in [1.807, 2.05) is 42.5 Å². The van der Waals surface area contributed by atoms with Gasteiger partial charge in [0.2, 0.25) is 0 Å². The van der Waals surface area contributed by atoms with E-state index in [9.17, 15) is 0 Å². The molecule has 11 aromatic rings. The summed E-state index contributed by atoms with van der Waals surface area (Å²) in [6.45, 7) is 0. The van der Waals surface area contributed by atoms with Crippen LogP contribution in [0.25, 0.3) is 111 Å². The van der Waals surface area contributed by atoms with E-state index < -0.39 is 0 Å². The van der Waals surface area contributed by atoms with Gasteiger partial charge in [0.1, 0.15) is 11.2 Å². The minimum atomic E-state index is 0.594. The van der Waals surface area contributed by atoms with Gasteiger partial charge >= 0.3 is 0 Å². The molecule has 0 saturated heterocycles. The lowest BCUT2D eigenvalue weighted by Gasteiger charge is -2.18. The number of rotatable bonds is 7. The standard InChI is InChI=1S/C55H35N3O/c1-3-17-36(18-4-1)40-22-9-10-24-42(40)43-25-11-12-26-44(43)45-27-13-14-28-46(45)47-29-15-16-30-48(47)55-57-53(38-20-5-2-6-21-38)56-54(58-55)39-32-33-50-49(35-39)52-41-23-8-7-19-37(41)31-34-51(52)59-50/h1-35H. The fourth-order valence-electron chi connectivity index (χ4n) is 8.43. The Morgan fingerprint density at radius 2 is 0.712 bits per heavy atom. The van der Waals surface area contributed by atoms with Gasteiger partial charge in [-0.05, 0) is 79.5 Å². The molecular formula is C55H35N3O. The topological polar surface area (TPSA) is 51.8 Å². The molecule has 0 aliphatic carbocycles. The van der Waals surface area contributed by atoms with Gasteiger partial charge in [0.15, 0.2) is 17.5 Å². The minimum Gasteiger partial charge on any atom is -0.456 e. The molecular weight excluding hydrogens is 719 g/mol. The van der Waals surface area contributed by atoms with Gasteiger partial charge in [-0.25, -0.2) is 15.0 Å². The van der Waals surface area contributed by atoms with Crippen LogP contribution in [0.15, 0.2) is 217 Å². The monoisotopic (exact) mass is 753 g/mol. The van der Waals surface area contributed by atoms with Crippen LogP contribution in [0.1, 0.15) is 0 Å². The normalized spacial score (nSPS) is 11.4. The third-order valence-corrected chi connectivity index (χ3v) is 11.2. The number of fused-ring (bicyclic) bond motifs is 5. The van der Waals surface area contributed by atoms with Crippen LogP contribution < -0.4 is 0 Å². The van der Waals surface area contributed by atoms with Crippen LogP contribution >= 0.6 is 0 Å². The van der Waals surface area contributed by atoms with Crippen molar-refractivity contribution in [2.45, 2.75) is 0 Å². The zero-order valence-electron chi connectivity index (χ0n) is 32.0. The Balaban J connectivity index is 1.09. The smallest absolute Gasteiger partial charge is 0.164 e. The summed E-state index contributed by atoms with van der Waals surface area (Å²) in [5, 5.41) is 4.44. The van der Waals surface area contributed by atoms with Crippen molar-refractivity contribution in [3.63, 3.8) is 0 Å². The van der Waals surface area contributed by atoms with Crippen molar-refractivity contribution in [3.05, 3.63) is 212 Å². The van der Waals surface area contributed by atoms with Gasteiger partial charge in [-0.2, -0.15) is 0 Å². The van der Waals surface area contributed by atoms with Crippen molar-refractivity contribution in [3.8, 4) is 78.7 Å². The summed E-state index contributed by atoms with van der Waals surface area (Å²) in [6, 6.07) is 74.1. The van der Waals surface area contributed by atoms with Gasteiger partial charge in [0, 0.05) is 27.5 Å². The first kappa shape index (κ1) is 34.3. The van der Waals surface area contributed by atoms with E-state index in [4.69, 9.17) is 19.4 Å². The van der Waals surface area contributed by atoms with Crippen molar-refractivity contribution < 1.29 is 4.42 Å². The molecule has 11 rings (SSSR count). The van der Waals surface area contributed by atoms with Crippen LogP contribution in [0.2, 0.25) is 0 Å². The molecule has 276 valence electrons. The van der Waals surface area contributed by atoms with Gasteiger partial charge in [-0.1, -0.05) is 188 Å². The van der Waals surface area contributed by atoms with Crippen LogP contribution in [0.4, 0.5) is 0 Å². The third-order valence-electron chi connectivity index (χ3n) is 11.2. The van der Waals surface area contributed by atoms with Crippen molar-refractivity contribution in [1.29, 1.82) is 0 Å². The lowest BCUT2D eigenvalue weighted by Crippen LogP contribution is -2.01. The van der Waals surface area contributed by atoms with Crippen LogP contribution in [0.3, 0.4) is 0 Å². The van der Waals surface area contributed by atoms with E-state index in [0.29, 0.717) is 17.5 Å². The molecule has 59 heavy (non-hydrogen) atoms. The average Bonchev–Trinajstić information content (AvgIpc) is 3.71. The molecule has 0 aliphatic heterocycles. The van der Waals surface area contributed by atoms with Gasteiger partial charge < -0.3 is 4.42 Å². The maximum absolute atomic E-state index is 6.36. The van der Waals surface area contributed by atoms with E-state index >= 15 is 0 Å². The van der Waals surface area contributed by atoms with Gasteiger partial charge in [-0.15, -0.1) is 0 Å². The summed E-state index contributed by atoms with van der Waals surface area (Å²) in [4.78, 5) is 15.6. The summed E-state index contributed by atoms with van der Waals surface area (Å²) in [7, 11) is 0. The zero-order chi connectivity index (χ0) is 39.1. The highest BCUT2D eigenvalue weighted by Gasteiger charge is 2.20. The number of furan rings is 1. The fourth-order valence-corrected chi connectivity index (χ4v) is 8.43. The largest absolute Gasteiger partial charge is 0.456 e. The van der Waals surface area contributed by atoms with Gasteiger partial charge in [-0.3, -0.25) is 0 Å². The molecule has 9 aromatic carbocycles. The number of nitrogens with zero attached hydrogens (tertiary/aromatic N) is 3. The van der Waals surface area contributed by atoms with E-state index in [1.165, 1.54) is 27.6 Å². The SMILES string of the molecule is c1ccc(-c2nc(-c3ccc4oc5ccc6ccccc6c5c4c3)nc(-c3ccccc3-c3ccccc3-c3ccccc3-c3ccccc3-c3ccccc3)n2)cc1. The first-order valence-electron chi connectivity index (χ1n) is 19.9. The maximum Gasteiger partial charge on any atom is 0.164 e. The van der Waals surface area contributed by atoms with Crippen molar-refractivity contribution >= 4 is 32.7 Å². The molecule has 0 amide bonds. The summed E-state index contributed by atoms with van der Waals surface area (Å²) in [5.41, 5.74) is 13.5. The van der Waals surface area contributed by atoms with Crippen LogP contribution in [-0.2, 0) is 0 Å². The molecule has 2 aromatic heterocycles. The van der Waals surface area contributed by atoms with E-state index in [-0.39, 0.29) is 0 Å². The second-order valence-corrected chi connectivity index (χ2v) is 14.7. The maximum atomic E-state index is 6.36.